The molecule has 0 saturated heterocycles. The molecule has 0 bridgehead atoms. The Morgan fingerprint density at radius 3 is 3.14 bits per heavy atom. The lowest BCUT2D eigenvalue weighted by Crippen LogP contribution is -1.87. The lowest BCUT2D eigenvalue weighted by Gasteiger charge is -1.89. The number of thiophene rings is 1. The van der Waals surface area contributed by atoms with E-state index in [1.807, 2.05) is 11.4 Å². The van der Waals surface area contributed by atoms with Crippen molar-refractivity contribution in [3.8, 4) is 10.7 Å². The number of thioether (sulfide) groups is 1. The van der Waals surface area contributed by atoms with Crippen LogP contribution in [0.5, 0.6) is 0 Å². The minimum atomic E-state index is 0.510. The highest BCUT2D eigenvalue weighted by Crippen LogP contribution is 2.28. The van der Waals surface area contributed by atoms with Crippen molar-refractivity contribution < 1.29 is 4.52 Å². The smallest absolute Gasteiger partial charge is 0.253 e. The van der Waals surface area contributed by atoms with Crippen LogP contribution in [0, 0.1) is 0 Å². The van der Waals surface area contributed by atoms with Crippen molar-refractivity contribution in [1.82, 2.24) is 29.7 Å². The van der Waals surface area contributed by atoms with E-state index in [1.54, 1.807) is 34.3 Å². The first kappa shape index (κ1) is 13.9. The van der Waals surface area contributed by atoms with Crippen molar-refractivity contribution in [2.24, 2.45) is 0 Å². The molecule has 0 radical (unpaired) electrons. The molecule has 10 heteroatoms. The van der Waals surface area contributed by atoms with Crippen LogP contribution in [0.15, 0.2) is 44.1 Å². The monoisotopic (exact) mass is 394 g/mol. The molecule has 0 aliphatic carbocycles. The third-order valence-electron chi connectivity index (χ3n) is 2.68. The first-order valence-corrected chi connectivity index (χ1v) is 8.81. The molecule has 110 valence electrons. The Morgan fingerprint density at radius 2 is 2.32 bits per heavy atom. The average Bonchev–Trinajstić information content (AvgIpc) is 3.23. The van der Waals surface area contributed by atoms with Gasteiger partial charge in [-0.3, -0.25) is 0 Å². The Morgan fingerprint density at radius 1 is 1.36 bits per heavy atom. The van der Waals surface area contributed by atoms with Crippen LogP contribution in [-0.2, 0) is 5.75 Å². The highest BCUT2D eigenvalue weighted by molar-refractivity contribution is 9.10. The van der Waals surface area contributed by atoms with Gasteiger partial charge < -0.3 is 4.52 Å². The molecule has 4 rings (SSSR count). The van der Waals surface area contributed by atoms with Gasteiger partial charge in [0.05, 0.1) is 10.6 Å². The summed E-state index contributed by atoms with van der Waals surface area (Å²) in [6, 6.07) is 3.77. The molecule has 4 aromatic rings. The van der Waals surface area contributed by atoms with Crippen LogP contribution in [0.25, 0.3) is 16.5 Å². The van der Waals surface area contributed by atoms with Gasteiger partial charge in [0, 0.05) is 22.2 Å². The number of nitrogens with zero attached hydrogens (tertiary/aromatic N) is 6. The minimum Gasteiger partial charge on any atom is -0.338 e. The molecule has 0 N–H and O–H groups in total. The van der Waals surface area contributed by atoms with Gasteiger partial charge in [-0.15, -0.1) is 16.4 Å². The fourth-order valence-corrected chi connectivity index (χ4v) is 3.76. The topological polar surface area (TPSA) is 82.0 Å². The second kappa shape index (κ2) is 5.78. The van der Waals surface area contributed by atoms with Crippen LogP contribution >= 0.6 is 39.0 Å². The molecule has 0 aromatic carbocycles. The van der Waals surface area contributed by atoms with E-state index in [4.69, 9.17) is 4.52 Å². The Labute approximate surface area is 140 Å². The molecule has 0 unspecified atom stereocenters. The van der Waals surface area contributed by atoms with Gasteiger partial charge in [0.15, 0.2) is 0 Å². The minimum absolute atomic E-state index is 0.510. The predicted molar refractivity (Wildman–Crippen MR) is 85.7 cm³/mol. The largest absolute Gasteiger partial charge is 0.338 e. The molecular weight excluding hydrogens is 388 g/mol. The molecule has 0 atom stereocenters. The summed E-state index contributed by atoms with van der Waals surface area (Å²) in [6.07, 6.45) is 3.49. The van der Waals surface area contributed by atoms with E-state index in [2.05, 4.69) is 41.1 Å². The van der Waals surface area contributed by atoms with Crippen molar-refractivity contribution in [2.75, 3.05) is 0 Å². The maximum atomic E-state index is 5.26. The Hall–Kier alpha value is -1.78. The van der Waals surface area contributed by atoms with Crippen LogP contribution in [-0.4, -0.2) is 29.7 Å². The van der Waals surface area contributed by atoms with Crippen LogP contribution < -0.4 is 0 Å². The van der Waals surface area contributed by atoms with Crippen LogP contribution in [0.3, 0.4) is 0 Å². The van der Waals surface area contributed by atoms with Gasteiger partial charge in [0.2, 0.25) is 16.9 Å². The first-order chi connectivity index (χ1) is 10.8. The molecule has 4 heterocycles. The van der Waals surface area contributed by atoms with Crippen molar-refractivity contribution in [2.45, 2.75) is 10.9 Å². The number of halogens is 1. The van der Waals surface area contributed by atoms with E-state index >= 15 is 0 Å². The molecule has 0 amide bonds. The molecular formula is C12H7BrN6OS2. The van der Waals surface area contributed by atoms with Gasteiger partial charge in [-0.05, 0) is 28.1 Å². The zero-order valence-electron chi connectivity index (χ0n) is 10.9. The van der Waals surface area contributed by atoms with Crippen LogP contribution in [0.1, 0.15) is 5.89 Å². The van der Waals surface area contributed by atoms with Gasteiger partial charge in [0.1, 0.15) is 0 Å². The molecule has 4 aromatic heterocycles. The third-order valence-corrected chi connectivity index (χ3v) is 5.19. The lowest BCUT2D eigenvalue weighted by molar-refractivity contribution is 0.391. The summed E-state index contributed by atoms with van der Waals surface area (Å²) in [6.45, 7) is 0. The molecule has 0 aliphatic heterocycles. The summed E-state index contributed by atoms with van der Waals surface area (Å²) >= 11 is 6.40. The van der Waals surface area contributed by atoms with E-state index in [0.29, 0.717) is 28.4 Å². The van der Waals surface area contributed by atoms with Crippen LogP contribution in [0.2, 0.25) is 0 Å². The maximum Gasteiger partial charge on any atom is 0.253 e. The van der Waals surface area contributed by atoms with E-state index in [0.717, 1.165) is 9.35 Å². The van der Waals surface area contributed by atoms with Gasteiger partial charge in [0.25, 0.3) is 5.78 Å². The highest BCUT2D eigenvalue weighted by Gasteiger charge is 2.12. The van der Waals surface area contributed by atoms with E-state index in [9.17, 15) is 0 Å². The van der Waals surface area contributed by atoms with Gasteiger partial charge in [-0.2, -0.15) is 9.97 Å². The van der Waals surface area contributed by atoms with E-state index in [1.165, 1.54) is 11.8 Å². The zero-order chi connectivity index (χ0) is 14.9. The molecule has 0 fully saturated rings. The zero-order valence-corrected chi connectivity index (χ0v) is 14.1. The first-order valence-electron chi connectivity index (χ1n) is 6.15. The highest BCUT2D eigenvalue weighted by atomic mass is 79.9. The number of aromatic nitrogens is 6. The Bertz CT molecular complexity index is 899. The normalized spacial score (nSPS) is 11.3. The van der Waals surface area contributed by atoms with Crippen molar-refractivity contribution in [3.05, 3.63) is 40.3 Å². The number of fused-ring (bicyclic) bond motifs is 1. The van der Waals surface area contributed by atoms with E-state index in [-0.39, 0.29) is 0 Å². The molecule has 0 aliphatic rings. The number of hydrogen-bond acceptors (Lipinski definition) is 8. The Balaban J connectivity index is 1.48. The molecule has 0 saturated carbocycles. The maximum absolute atomic E-state index is 5.26. The van der Waals surface area contributed by atoms with E-state index < -0.39 is 0 Å². The van der Waals surface area contributed by atoms with Gasteiger partial charge >= 0.3 is 0 Å². The summed E-state index contributed by atoms with van der Waals surface area (Å²) in [5, 5.41) is 10.9. The second-order valence-corrected chi connectivity index (χ2v) is 6.96. The van der Waals surface area contributed by atoms with Crippen molar-refractivity contribution in [3.63, 3.8) is 0 Å². The van der Waals surface area contributed by atoms with Crippen LogP contribution in [0.4, 0.5) is 0 Å². The predicted octanol–water partition coefficient (Wildman–Crippen LogP) is 3.29. The summed E-state index contributed by atoms with van der Waals surface area (Å²) in [5.74, 6) is 2.21. The van der Waals surface area contributed by atoms with Crippen molar-refractivity contribution >= 4 is 44.8 Å². The van der Waals surface area contributed by atoms with Gasteiger partial charge in [-0.1, -0.05) is 16.9 Å². The van der Waals surface area contributed by atoms with Gasteiger partial charge in [-0.25, -0.2) is 9.50 Å². The quantitative estimate of drug-likeness (QED) is 0.491. The summed E-state index contributed by atoms with van der Waals surface area (Å²) in [4.78, 5) is 13.8. The standard InChI is InChI=1S/C12H7BrN6OS2/c13-7-4-8(21-5-7)10-15-9(20-18-10)6-22-12-16-11-14-2-1-3-19(11)17-12/h1-5H,6H2. The third kappa shape index (κ3) is 2.76. The number of rotatable bonds is 4. The lowest BCUT2D eigenvalue weighted by atomic mass is 10.4. The fraction of sp³-hybridized carbons (Fsp3) is 0.0833. The molecule has 0 spiro atoms. The second-order valence-electron chi connectivity index (χ2n) is 4.19. The molecule has 22 heavy (non-hydrogen) atoms. The fourth-order valence-electron chi connectivity index (χ4n) is 1.75. The summed E-state index contributed by atoms with van der Waals surface area (Å²) < 4.78 is 7.89. The average molecular weight is 395 g/mol. The summed E-state index contributed by atoms with van der Waals surface area (Å²) in [7, 11) is 0. The molecule has 7 nitrogen and oxygen atoms in total. The van der Waals surface area contributed by atoms with Crippen molar-refractivity contribution in [1.29, 1.82) is 0 Å². The summed E-state index contributed by atoms with van der Waals surface area (Å²) in [5.41, 5.74) is 0. The SMILES string of the molecule is Brc1csc(-c2noc(CSc3nc4ncccn4n3)n2)c1. The Kier molecular flexibility index (Phi) is 3.64. The number of hydrogen-bond donors (Lipinski definition) is 0.